The van der Waals surface area contributed by atoms with Gasteiger partial charge in [0, 0.05) is 23.4 Å². The number of thiocarbonyl (C=S) groups is 1. The quantitative estimate of drug-likeness (QED) is 0.298. The number of methoxy groups -OCH3 is 2. The number of hydrogen-bond acceptors (Lipinski definition) is 6. The number of carbonyl (C=O) groups excluding carboxylic acids is 1. The molecule has 9 heteroatoms. The van der Waals surface area contributed by atoms with E-state index in [1.807, 2.05) is 13.0 Å². The summed E-state index contributed by atoms with van der Waals surface area (Å²) >= 11 is 5.50. The minimum atomic E-state index is -0.830. The highest BCUT2D eigenvalue weighted by Crippen LogP contribution is 2.42. The van der Waals surface area contributed by atoms with Crippen LogP contribution in [-0.4, -0.2) is 41.5 Å². The minimum Gasteiger partial charge on any atom is -0.493 e. The highest BCUT2D eigenvalue weighted by atomic mass is 32.1. The monoisotopic (exact) mass is 441 g/mol. The molecule has 0 aliphatic carbocycles. The first-order chi connectivity index (χ1) is 14.8. The van der Waals surface area contributed by atoms with E-state index in [-0.39, 0.29) is 22.8 Å². The van der Waals surface area contributed by atoms with Crippen molar-refractivity contribution >= 4 is 28.8 Å². The Balaban J connectivity index is 2.27. The molecule has 2 aromatic carbocycles. The van der Waals surface area contributed by atoms with E-state index >= 15 is 0 Å². The van der Waals surface area contributed by atoms with Gasteiger partial charge in [0.25, 0.3) is 5.69 Å². The fourth-order valence-electron chi connectivity index (χ4n) is 3.71. The molecule has 0 saturated carbocycles. The highest BCUT2D eigenvalue weighted by molar-refractivity contribution is 7.80. The van der Waals surface area contributed by atoms with Crippen LogP contribution in [-0.2, 0) is 0 Å². The molecule has 1 unspecified atom stereocenters. The minimum absolute atomic E-state index is 0.200. The van der Waals surface area contributed by atoms with E-state index in [1.54, 1.807) is 36.1 Å². The van der Waals surface area contributed by atoms with Crippen LogP contribution in [0, 0.1) is 10.1 Å². The Morgan fingerprint density at radius 2 is 1.81 bits per heavy atom. The van der Waals surface area contributed by atoms with Crippen molar-refractivity contribution in [3.63, 3.8) is 0 Å². The molecule has 1 aliphatic rings. The third kappa shape index (κ3) is 4.09. The van der Waals surface area contributed by atoms with Crippen molar-refractivity contribution in [2.24, 2.45) is 0 Å². The molecule has 0 amide bonds. The number of Topliss-reactive ketones (excluding diaryl/α,β-unsaturated/α-hetero) is 1. The molecule has 8 nitrogen and oxygen atoms in total. The third-order valence-corrected chi connectivity index (χ3v) is 5.57. The van der Waals surface area contributed by atoms with Crippen LogP contribution in [0.15, 0.2) is 53.7 Å². The first-order valence-electron chi connectivity index (χ1n) is 9.62. The standard InChI is InChI=1S/C22H23N3O5S/c1-5-24-13(2)19(21(26)14-9-7-6-8-10-14)20(23-22(24)31)15-11-17(29-3)18(30-4)12-16(15)25(27)28/h6-12,20H,5H2,1-4H3,(H,23,31). The van der Waals surface area contributed by atoms with Crippen molar-refractivity contribution in [3.05, 3.63) is 75.0 Å². The lowest BCUT2D eigenvalue weighted by molar-refractivity contribution is -0.385. The third-order valence-electron chi connectivity index (χ3n) is 5.23. The zero-order chi connectivity index (χ0) is 22.7. The molecular weight excluding hydrogens is 418 g/mol. The number of nitrogens with zero attached hydrogens (tertiary/aromatic N) is 2. The van der Waals surface area contributed by atoms with Crippen LogP contribution in [0.1, 0.15) is 35.8 Å². The second-order valence-electron chi connectivity index (χ2n) is 6.84. The number of nitrogens with one attached hydrogen (secondary N) is 1. The van der Waals surface area contributed by atoms with Crippen LogP contribution in [0.2, 0.25) is 0 Å². The van der Waals surface area contributed by atoms with E-state index in [4.69, 9.17) is 21.7 Å². The lowest BCUT2D eigenvalue weighted by atomic mass is 9.88. The van der Waals surface area contributed by atoms with Crippen molar-refractivity contribution in [3.8, 4) is 11.5 Å². The maximum Gasteiger partial charge on any atom is 0.279 e. The molecular formula is C22H23N3O5S. The molecule has 1 atom stereocenters. The second-order valence-corrected chi connectivity index (χ2v) is 7.23. The van der Waals surface area contributed by atoms with Gasteiger partial charge >= 0.3 is 0 Å². The van der Waals surface area contributed by atoms with Crippen LogP contribution in [0.25, 0.3) is 0 Å². The summed E-state index contributed by atoms with van der Waals surface area (Å²) in [6, 6.07) is 10.8. The van der Waals surface area contributed by atoms with Gasteiger partial charge in [-0.3, -0.25) is 14.9 Å². The van der Waals surface area contributed by atoms with Crippen molar-refractivity contribution in [1.29, 1.82) is 0 Å². The average Bonchev–Trinajstić information content (AvgIpc) is 2.78. The van der Waals surface area contributed by atoms with E-state index in [0.29, 0.717) is 34.2 Å². The Morgan fingerprint density at radius 1 is 1.19 bits per heavy atom. The van der Waals surface area contributed by atoms with Gasteiger partial charge in [-0.25, -0.2) is 0 Å². The maximum atomic E-state index is 13.5. The van der Waals surface area contributed by atoms with Crippen LogP contribution < -0.4 is 14.8 Å². The molecule has 0 radical (unpaired) electrons. The normalized spacial score (nSPS) is 16.1. The van der Waals surface area contributed by atoms with Crippen molar-refractivity contribution < 1.29 is 19.2 Å². The molecule has 3 rings (SSSR count). The Bertz CT molecular complexity index is 1070. The summed E-state index contributed by atoms with van der Waals surface area (Å²) < 4.78 is 10.6. The summed E-state index contributed by atoms with van der Waals surface area (Å²) in [6.45, 7) is 4.26. The molecule has 162 valence electrons. The fraction of sp³-hybridized carbons (Fsp3) is 0.273. The first kappa shape index (κ1) is 22.2. The van der Waals surface area contributed by atoms with Gasteiger partial charge in [-0.2, -0.15) is 0 Å². The van der Waals surface area contributed by atoms with Gasteiger partial charge in [-0.1, -0.05) is 30.3 Å². The van der Waals surface area contributed by atoms with Gasteiger partial charge in [-0.05, 0) is 32.1 Å². The summed E-state index contributed by atoms with van der Waals surface area (Å²) in [5, 5.41) is 15.4. The van der Waals surface area contributed by atoms with Crippen LogP contribution in [0.3, 0.4) is 0 Å². The van der Waals surface area contributed by atoms with E-state index in [0.717, 1.165) is 0 Å². The molecule has 0 bridgehead atoms. The van der Waals surface area contributed by atoms with Gasteiger partial charge in [0.15, 0.2) is 22.4 Å². The van der Waals surface area contributed by atoms with E-state index in [1.165, 1.54) is 26.4 Å². The summed E-state index contributed by atoms with van der Waals surface area (Å²) in [5.74, 6) is 0.307. The van der Waals surface area contributed by atoms with Crippen LogP contribution in [0.4, 0.5) is 5.69 Å². The second kappa shape index (κ2) is 9.13. The lowest BCUT2D eigenvalue weighted by Crippen LogP contribution is -2.47. The number of nitro groups is 1. The van der Waals surface area contributed by atoms with E-state index in [2.05, 4.69) is 5.32 Å². The van der Waals surface area contributed by atoms with Gasteiger partial charge in [0.2, 0.25) is 0 Å². The molecule has 1 N–H and O–H groups in total. The molecule has 0 fully saturated rings. The van der Waals surface area contributed by atoms with Crippen LogP contribution >= 0.6 is 12.2 Å². The Labute approximate surface area is 185 Å². The fourth-order valence-corrected chi connectivity index (χ4v) is 4.09. The predicted molar refractivity (Wildman–Crippen MR) is 121 cm³/mol. The molecule has 1 aliphatic heterocycles. The number of ether oxygens (including phenoxy) is 2. The zero-order valence-corrected chi connectivity index (χ0v) is 18.5. The molecule has 0 saturated heterocycles. The number of allylic oxidation sites excluding steroid dienone is 1. The molecule has 2 aromatic rings. The first-order valence-corrected chi connectivity index (χ1v) is 10.0. The Morgan fingerprint density at radius 3 is 2.35 bits per heavy atom. The molecule has 0 spiro atoms. The number of benzene rings is 2. The van der Waals surface area contributed by atoms with Crippen molar-refractivity contribution in [2.75, 3.05) is 20.8 Å². The van der Waals surface area contributed by atoms with Crippen LogP contribution in [0.5, 0.6) is 11.5 Å². The largest absolute Gasteiger partial charge is 0.493 e. The zero-order valence-electron chi connectivity index (χ0n) is 17.7. The number of hydrogen-bond donors (Lipinski definition) is 1. The average molecular weight is 442 g/mol. The van der Waals surface area contributed by atoms with Crippen molar-refractivity contribution in [2.45, 2.75) is 19.9 Å². The smallest absolute Gasteiger partial charge is 0.279 e. The predicted octanol–water partition coefficient (Wildman–Crippen LogP) is 4.02. The Kier molecular flexibility index (Phi) is 6.55. The number of rotatable bonds is 7. The SMILES string of the molecule is CCN1C(=S)NC(c2cc(OC)c(OC)cc2[N+](=O)[O-])C(C(=O)c2ccccc2)=C1C. The number of ketones is 1. The van der Waals surface area contributed by atoms with Gasteiger partial charge in [0.1, 0.15) is 0 Å². The lowest BCUT2D eigenvalue weighted by Gasteiger charge is -2.37. The summed E-state index contributed by atoms with van der Waals surface area (Å²) in [7, 11) is 2.85. The number of nitro benzene ring substituents is 1. The van der Waals surface area contributed by atoms with Gasteiger partial charge in [0.05, 0.1) is 36.8 Å². The molecule has 0 aromatic heterocycles. The maximum absolute atomic E-state index is 13.5. The molecule has 31 heavy (non-hydrogen) atoms. The van der Waals surface area contributed by atoms with E-state index in [9.17, 15) is 14.9 Å². The number of carbonyl (C=O) groups is 1. The summed E-state index contributed by atoms with van der Waals surface area (Å²) in [5.41, 5.74) is 1.58. The van der Waals surface area contributed by atoms with Crippen molar-refractivity contribution in [1.82, 2.24) is 10.2 Å². The van der Waals surface area contributed by atoms with E-state index < -0.39 is 11.0 Å². The Hall–Kier alpha value is -3.46. The highest BCUT2D eigenvalue weighted by Gasteiger charge is 2.37. The molecule has 1 heterocycles. The topological polar surface area (TPSA) is 93.9 Å². The van der Waals surface area contributed by atoms with Gasteiger partial charge in [-0.15, -0.1) is 0 Å². The van der Waals surface area contributed by atoms with Gasteiger partial charge < -0.3 is 19.7 Å². The summed E-state index contributed by atoms with van der Waals surface area (Å²) in [4.78, 5) is 26.7. The summed E-state index contributed by atoms with van der Waals surface area (Å²) in [6.07, 6.45) is 0.